The Morgan fingerprint density at radius 2 is 1.85 bits per heavy atom. The maximum absolute atomic E-state index is 12.3. The van der Waals surface area contributed by atoms with Gasteiger partial charge in [-0.25, -0.2) is 0 Å². The highest BCUT2D eigenvalue weighted by Crippen LogP contribution is 2.39. The Morgan fingerprint density at radius 3 is 2.33 bits per heavy atom. The van der Waals surface area contributed by atoms with Crippen LogP contribution in [-0.2, 0) is 9.59 Å². The van der Waals surface area contributed by atoms with Crippen LogP contribution in [0.25, 0.3) is 0 Å². The highest BCUT2D eigenvalue weighted by Gasteiger charge is 2.43. The number of hydrogen-bond acceptors (Lipinski definition) is 7. The van der Waals surface area contributed by atoms with E-state index in [-0.39, 0.29) is 30.8 Å². The molecule has 2 amide bonds. The van der Waals surface area contributed by atoms with Crippen LogP contribution in [0.3, 0.4) is 0 Å². The van der Waals surface area contributed by atoms with E-state index in [0.29, 0.717) is 37.8 Å². The molecule has 146 valence electrons. The van der Waals surface area contributed by atoms with E-state index in [1.54, 1.807) is 19.9 Å². The van der Waals surface area contributed by atoms with Crippen LogP contribution in [0.5, 0.6) is 0 Å². The molecule has 1 saturated heterocycles. The van der Waals surface area contributed by atoms with Crippen molar-refractivity contribution >= 4 is 17.6 Å². The number of hydrogen-bond donors (Lipinski definition) is 2. The van der Waals surface area contributed by atoms with Gasteiger partial charge in [-0.15, -0.1) is 0 Å². The highest BCUT2D eigenvalue weighted by atomic mass is 16.5. The number of carbonyl (C=O) groups is 2. The monoisotopic (exact) mass is 374 g/mol. The van der Waals surface area contributed by atoms with Crippen molar-refractivity contribution in [2.45, 2.75) is 32.2 Å². The molecule has 2 aliphatic rings. The standard InChI is InChI=1S/C18H26N6O3/c1-13-9-15(22-27-13)20-16(25)10-23-5-7-24(8-6-23)11-17(26)21-18(2,12-19)14-3-4-14/h9,14H,3-8,10-11H2,1-2H3,(H,21,26)(H,20,22,25). The predicted octanol–water partition coefficient (Wildman–Crippen LogP) is 0.348. The van der Waals surface area contributed by atoms with E-state index in [4.69, 9.17) is 4.52 Å². The molecule has 1 aliphatic carbocycles. The average Bonchev–Trinajstić information content (AvgIpc) is 3.40. The Hall–Kier alpha value is -2.44. The molecule has 1 saturated carbocycles. The molecule has 1 aromatic heterocycles. The molecule has 27 heavy (non-hydrogen) atoms. The van der Waals surface area contributed by atoms with Gasteiger partial charge in [-0.3, -0.25) is 19.4 Å². The minimum atomic E-state index is -0.754. The van der Waals surface area contributed by atoms with Crippen molar-refractivity contribution in [3.63, 3.8) is 0 Å². The van der Waals surface area contributed by atoms with Gasteiger partial charge in [-0.2, -0.15) is 5.26 Å². The fourth-order valence-electron chi connectivity index (χ4n) is 3.33. The lowest BCUT2D eigenvalue weighted by Crippen LogP contribution is -2.54. The van der Waals surface area contributed by atoms with Crippen molar-refractivity contribution in [3.05, 3.63) is 11.8 Å². The van der Waals surface area contributed by atoms with Gasteiger partial charge in [0.1, 0.15) is 11.3 Å². The number of nitriles is 1. The molecule has 0 spiro atoms. The van der Waals surface area contributed by atoms with Crippen LogP contribution in [-0.4, -0.2) is 71.6 Å². The van der Waals surface area contributed by atoms with Crippen LogP contribution in [0.1, 0.15) is 25.5 Å². The molecule has 0 aromatic carbocycles. The van der Waals surface area contributed by atoms with Gasteiger partial charge >= 0.3 is 0 Å². The maximum atomic E-state index is 12.3. The number of nitrogens with one attached hydrogen (secondary N) is 2. The first-order chi connectivity index (χ1) is 12.9. The van der Waals surface area contributed by atoms with Crippen molar-refractivity contribution < 1.29 is 14.1 Å². The van der Waals surface area contributed by atoms with Crippen LogP contribution < -0.4 is 10.6 Å². The molecule has 2 N–H and O–H groups in total. The van der Waals surface area contributed by atoms with E-state index in [0.717, 1.165) is 12.8 Å². The normalized spacial score (nSPS) is 20.5. The number of rotatable bonds is 7. The van der Waals surface area contributed by atoms with E-state index in [1.165, 1.54) is 0 Å². The molecular formula is C18H26N6O3. The summed E-state index contributed by atoms with van der Waals surface area (Å²) in [7, 11) is 0. The summed E-state index contributed by atoms with van der Waals surface area (Å²) < 4.78 is 4.92. The zero-order valence-electron chi connectivity index (χ0n) is 15.8. The Balaban J connectivity index is 1.38. The predicted molar refractivity (Wildman–Crippen MR) is 97.6 cm³/mol. The summed E-state index contributed by atoms with van der Waals surface area (Å²) in [5, 5.41) is 18.7. The van der Waals surface area contributed by atoms with Gasteiger partial charge < -0.3 is 15.2 Å². The molecule has 1 unspecified atom stereocenters. The van der Waals surface area contributed by atoms with Gasteiger partial charge in [0, 0.05) is 32.2 Å². The largest absolute Gasteiger partial charge is 0.360 e. The Morgan fingerprint density at radius 1 is 1.26 bits per heavy atom. The molecule has 1 aliphatic heterocycles. The number of anilines is 1. The fraction of sp³-hybridized carbons (Fsp3) is 0.667. The number of carbonyl (C=O) groups excluding carboxylic acids is 2. The van der Waals surface area contributed by atoms with E-state index in [9.17, 15) is 14.9 Å². The van der Waals surface area contributed by atoms with Gasteiger partial charge in [0.15, 0.2) is 5.82 Å². The summed E-state index contributed by atoms with van der Waals surface area (Å²) in [5.74, 6) is 1.09. The number of aryl methyl sites for hydroxylation is 1. The summed E-state index contributed by atoms with van der Waals surface area (Å²) in [4.78, 5) is 28.4. The van der Waals surface area contributed by atoms with Gasteiger partial charge in [0.05, 0.1) is 19.2 Å². The van der Waals surface area contributed by atoms with Gasteiger partial charge in [-0.1, -0.05) is 5.16 Å². The lowest BCUT2D eigenvalue weighted by atomic mass is 9.98. The molecule has 9 heteroatoms. The summed E-state index contributed by atoms with van der Waals surface area (Å²) in [6, 6.07) is 3.92. The Bertz CT molecular complexity index is 730. The second-order valence-electron chi connectivity index (χ2n) is 7.56. The fourth-order valence-corrected chi connectivity index (χ4v) is 3.33. The van der Waals surface area contributed by atoms with Crippen molar-refractivity contribution in [2.75, 3.05) is 44.6 Å². The summed E-state index contributed by atoms with van der Waals surface area (Å²) in [6.45, 7) is 6.94. The topological polar surface area (TPSA) is 114 Å². The zero-order chi connectivity index (χ0) is 19.4. The molecule has 1 atom stereocenters. The van der Waals surface area contributed by atoms with Crippen molar-refractivity contribution in [1.29, 1.82) is 5.26 Å². The molecule has 2 fully saturated rings. The molecule has 0 bridgehead atoms. The third kappa shape index (κ3) is 5.28. The van der Waals surface area contributed by atoms with Crippen LogP contribution in [0, 0.1) is 24.2 Å². The van der Waals surface area contributed by atoms with Crippen LogP contribution >= 0.6 is 0 Å². The molecule has 1 aromatic rings. The van der Waals surface area contributed by atoms with Crippen LogP contribution in [0.15, 0.2) is 10.6 Å². The van der Waals surface area contributed by atoms with E-state index >= 15 is 0 Å². The van der Waals surface area contributed by atoms with Gasteiger partial charge in [-0.05, 0) is 32.6 Å². The van der Waals surface area contributed by atoms with Crippen molar-refractivity contribution in [1.82, 2.24) is 20.3 Å². The van der Waals surface area contributed by atoms with Crippen LogP contribution in [0.4, 0.5) is 5.82 Å². The number of piperazine rings is 1. The lowest BCUT2D eigenvalue weighted by Gasteiger charge is -2.34. The Kier molecular flexibility index (Phi) is 5.77. The number of aromatic nitrogens is 1. The minimum absolute atomic E-state index is 0.112. The molecular weight excluding hydrogens is 348 g/mol. The zero-order valence-corrected chi connectivity index (χ0v) is 15.8. The first-order valence-electron chi connectivity index (χ1n) is 9.28. The smallest absolute Gasteiger partial charge is 0.239 e. The first kappa shape index (κ1) is 19.3. The van der Waals surface area contributed by atoms with Crippen LogP contribution in [0.2, 0.25) is 0 Å². The molecule has 0 radical (unpaired) electrons. The molecule has 9 nitrogen and oxygen atoms in total. The van der Waals surface area contributed by atoms with Crippen molar-refractivity contribution in [3.8, 4) is 6.07 Å². The second-order valence-corrected chi connectivity index (χ2v) is 7.56. The van der Waals surface area contributed by atoms with Crippen molar-refractivity contribution in [2.24, 2.45) is 5.92 Å². The lowest BCUT2D eigenvalue weighted by molar-refractivity contribution is -0.124. The molecule has 2 heterocycles. The summed E-state index contributed by atoms with van der Waals surface area (Å²) >= 11 is 0. The second kappa shape index (κ2) is 8.06. The van der Waals surface area contributed by atoms with Gasteiger partial charge in [0.2, 0.25) is 11.8 Å². The SMILES string of the molecule is Cc1cc(NC(=O)CN2CCN(CC(=O)NC(C)(C#N)C3CC3)CC2)no1. The third-order valence-corrected chi connectivity index (χ3v) is 5.12. The summed E-state index contributed by atoms with van der Waals surface area (Å²) in [6.07, 6.45) is 2.00. The first-order valence-corrected chi connectivity index (χ1v) is 9.28. The number of amides is 2. The summed E-state index contributed by atoms with van der Waals surface area (Å²) in [5.41, 5.74) is -0.754. The highest BCUT2D eigenvalue weighted by molar-refractivity contribution is 5.91. The molecule has 3 rings (SSSR count). The van der Waals surface area contributed by atoms with E-state index in [2.05, 4.69) is 26.8 Å². The average molecular weight is 374 g/mol. The quantitative estimate of drug-likeness (QED) is 0.707. The number of nitrogens with zero attached hydrogens (tertiary/aromatic N) is 4. The van der Waals surface area contributed by atoms with E-state index in [1.807, 2.05) is 4.90 Å². The third-order valence-electron chi connectivity index (χ3n) is 5.12. The maximum Gasteiger partial charge on any atom is 0.239 e. The van der Waals surface area contributed by atoms with Gasteiger partial charge in [0.25, 0.3) is 0 Å². The Labute approximate surface area is 158 Å². The van der Waals surface area contributed by atoms with E-state index < -0.39 is 5.54 Å². The minimum Gasteiger partial charge on any atom is -0.360 e.